The molecule has 0 aliphatic rings. The molecule has 0 unspecified atom stereocenters. The molecule has 0 saturated carbocycles. The Bertz CT molecular complexity index is 488. The van der Waals surface area contributed by atoms with E-state index in [1.165, 1.54) is 11.8 Å². The van der Waals surface area contributed by atoms with Gasteiger partial charge in [0.15, 0.2) is 0 Å². The molecule has 2 rings (SSSR count). The topological polar surface area (TPSA) is 50.4 Å². The Morgan fingerprint density at radius 1 is 1.38 bits per heavy atom. The molecule has 0 spiro atoms. The van der Waals surface area contributed by atoms with Gasteiger partial charge >= 0.3 is 0 Å². The van der Waals surface area contributed by atoms with Crippen molar-refractivity contribution < 1.29 is 5.21 Å². The van der Waals surface area contributed by atoms with Crippen LogP contribution in [0.4, 0.5) is 0 Å². The smallest absolute Gasteiger partial charge is 0.106 e. The highest BCUT2D eigenvalue weighted by Gasteiger charge is 2.04. The molecule has 0 fully saturated rings. The fraction of sp³-hybridized carbons (Fsp3) is 0.167. The normalized spacial score (nSPS) is 11.1. The maximum absolute atomic E-state index is 8.55. The Morgan fingerprint density at radius 2 is 2.12 bits per heavy atom. The average molecular weight is 215 g/mol. The third-order valence-electron chi connectivity index (χ3n) is 2.46. The van der Waals surface area contributed by atoms with Crippen LogP contribution in [0.2, 0.25) is 0 Å². The molecule has 1 aromatic carbocycles. The van der Waals surface area contributed by atoms with E-state index in [1.807, 2.05) is 29.7 Å². The SMILES string of the molecule is Cc1ncc(/C=N/O)n1Cc1ccccc1. The quantitative estimate of drug-likeness (QED) is 0.484. The van der Waals surface area contributed by atoms with Crippen LogP contribution >= 0.6 is 0 Å². The van der Waals surface area contributed by atoms with E-state index >= 15 is 0 Å². The number of imidazole rings is 1. The minimum atomic E-state index is 0.730. The van der Waals surface area contributed by atoms with Gasteiger partial charge in [0.05, 0.1) is 18.1 Å². The van der Waals surface area contributed by atoms with Gasteiger partial charge in [0.25, 0.3) is 0 Å². The van der Waals surface area contributed by atoms with E-state index in [0.29, 0.717) is 0 Å². The van der Waals surface area contributed by atoms with Crippen molar-refractivity contribution in [2.75, 3.05) is 0 Å². The summed E-state index contributed by atoms with van der Waals surface area (Å²) in [5.74, 6) is 0.902. The zero-order valence-corrected chi connectivity index (χ0v) is 9.04. The van der Waals surface area contributed by atoms with E-state index in [1.54, 1.807) is 6.20 Å². The molecule has 4 nitrogen and oxygen atoms in total. The first-order valence-electron chi connectivity index (χ1n) is 5.05. The van der Waals surface area contributed by atoms with Crippen molar-refractivity contribution in [1.29, 1.82) is 0 Å². The summed E-state index contributed by atoms with van der Waals surface area (Å²) in [6, 6.07) is 10.1. The second kappa shape index (κ2) is 4.61. The summed E-state index contributed by atoms with van der Waals surface area (Å²) in [5.41, 5.74) is 1.99. The summed E-state index contributed by atoms with van der Waals surface area (Å²) in [6.45, 7) is 2.66. The first kappa shape index (κ1) is 10.4. The van der Waals surface area contributed by atoms with E-state index in [4.69, 9.17) is 5.21 Å². The lowest BCUT2D eigenvalue weighted by atomic mass is 10.2. The van der Waals surface area contributed by atoms with E-state index < -0.39 is 0 Å². The van der Waals surface area contributed by atoms with Crippen molar-refractivity contribution in [3.05, 3.63) is 53.6 Å². The third kappa shape index (κ3) is 2.11. The standard InChI is InChI=1S/C12H13N3O/c1-10-13-7-12(8-14-16)15(10)9-11-5-3-2-4-6-11/h2-8,16H,9H2,1H3/b14-8+. The van der Waals surface area contributed by atoms with Gasteiger partial charge in [-0.2, -0.15) is 0 Å². The molecule has 0 aliphatic carbocycles. The molecule has 0 atom stereocenters. The lowest BCUT2D eigenvalue weighted by molar-refractivity contribution is 0.321. The Balaban J connectivity index is 2.30. The summed E-state index contributed by atoms with van der Waals surface area (Å²) in [4.78, 5) is 4.19. The number of benzene rings is 1. The summed E-state index contributed by atoms with van der Waals surface area (Å²) in [5, 5.41) is 11.6. The molecule has 1 N–H and O–H groups in total. The number of oxime groups is 1. The molecule has 2 aromatic rings. The van der Waals surface area contributed by atoms with E-state index in [0.717, 1.165) is 18.1 Å². The predicted molar refractivity (Wildman–Crippen MR) is 61.9 cm³/mol. The highest BCUT2D eigenvalue weighted by atomic mass is 16.4. The van der Waals surface area contributed by atoms with E-state index in [-0.39, 0.29) is 0 Å². The zero-order valence-electron chi connectivity index (χ0n) is 9.04. The molecule has 4 heteroatoms. The van der Waals surface area contributed by atoms with Gasteiger partial charge in [-0.05, 0) is 12.5 Å². The first-order chi connectivity index (χ1) is 7.81. The molecule has 0 bridgehead atoms. The number of hydrogen-bond donors (Lipinski definition) is 1. The number of nitrogens with zero attached hydrogens (tertiary/aromatic N) is 3. The summed E-state index contributed by atoms with van der Waals surface area (Å²) in [6.07, 6.45) is 3.08. The first-order valence-corrected chi connectivity index (χ1v) is 5.05. The van der Waals surface area contributed by atoms with E-state index in [9.17, 15) is 0 Å². The van der Waals surface area contributed by atoms with Crippen LogP contribution < -0.4 is 0 Å². The molecular formula is C12H13N3O. The second-order valence-electron chi connectivity index (χ2n) is 3.55. The van der Waals surface area contributed by atoms with Crippen LogP contribution in [0.15, 0.2) is 41.7 Å². The zero-order chi connectivity index (χ0) is 11.4. The van der Waals surface area contributed by atoms with Crippen LogP contribution in [-0.2, 0) is 6.54 Å². The van der Waals surface area contributed by atoms with Crippen LogP contribution in [0.25, 0.3) is 0 Å². The van der Waals surface area contributed by atoms with Crippen molar-refractivity contribution >= 4 is 6.21 Å². The summed E-state index contributed by atoms with van der Waals surface area (Å²) < 4.78 is 2.00. The van der Waals surface area contributed by atoms with Crippen LogP contribution in [0, 0.1) is 6.92 Å². The second-order valence-corrected chi connectivity index (χ2v) is 3.55. The number of aromatic nitrogens is 2. The Hall–Kier alpha value is -2.10. The van der Waals surface area contributed by atoms with Gasteiger partial charge in [0.1, 0.15) is 5.82 Å². The maximum atomic E-state index is 8.55. The predicted octanol–water partition coefficient (Wildman–Crippen LogP) is 2.05. The van der Waals surface area contributed by atoms with Crippen LogP contribution in [0.1, 0.15) is 17.1 Å². The molecule has 0 aliphatic heterocycles. The maximum Gasteiger partial charge on any atom is 0.106 e. The van der Waals surface area contributed by atoms with Crippen molar-refractivity contribution in [1.82, 2.24) is 9.55 Å². The van der Waals surface area contributed by atoms with Gasteiger partial charge in [-0.15, -0.1) is 0 Å². The number of rotatable bonds is 3. The number of aryl methyl sites for hydroxylation is 1. The minimum absolute atomic E-state index is 0.730. The lowest BCUT2D eigenvalue weighted by Crippen LogP contribution is -2.05. The van der Waals surface area contributed by atoms with Crippen molar-refractivity contribution in [3.8, 4) is 0 Å². The van der Waals surface area contributed by atoms with Gasteiger partial charge < -0.3 is 9.77 Å². The third-order valence-corrected chi connectivity index (χ3v) is 2.46. The number of hydrogen-bond acceptors (Lipinski definition) is 3. The molecule has 0 amide bonds. The molecule has 16 heavy (non-hydrogen) atoms. The molecular weight excluding hydrogens is 202 g/mol. The van der Waals surface area contributed by atoms with Crippen LogP contribution in [-0.4, -0.2) is 21.0 Å². The monoisotopic (exact) mass is 215 g/mol. The van der Waals surface area contributed by atoms with Crippen molar-refractivity contribution in [2.24, 2.45) is 5.16 Å². The minimum Gasteiger partial charge on any atom is -0.411 e. The largest absolute Gasteiger partial charge is 0.411 e. The molecule has 1 heterocycles. The molecule has 0 radical (unpaired) electrons. The fourth-order valence-corrected chi connectivity index (χ4v) is 1.62. The van der Waals surface area contributed by atoms with Gasteiger partial charge in [0.2, 0.25) is 0 Å². The van der Waals surface area contributed by atoms with Gasteiger partial charge in [0, 0.05) is 6.54 Å². The molecule has 0 saturated heterocycles. The van der Waals surface area contributed by atoms with Crippen molar-refractivity contribution in [2.45, 2.75) is 13.5 Å². The summed E-state index contributed by atoms with van der Waals surface area (Å²) >= 11 is 0. The molecule has 1 aromatic heterocycles. The highest BCUT2D eigenvalue weighted by molar-refractivity contribution is 5.76. The lowest BCUT2D eigenvalue weighted by Gasteiger charge is -2.07. The van der Waals surface area contributed by atoms with E-state index in [2.05, 4.69) is 22.3 Å². The summed E-state index contributed by atoms with van der Waals surface area (Å²) in [7, 11) is 0. The van der Waals surface area contributed by atoms with Crippen LogP contribution in [0.3, 0.4) is 0 Å². The molecule has 82 valence electrons. The Labute approximate surface area is 93.9 Å². The van der Waals surface area contributed by atoms with Gasteiger partial charge in [-0.1, -0.05) is 35.5 Å². The highest BCUT2D eigenvalue weighted by Crippen LogP contribution is 2.08. The van der Waals surface area contributed by atoms with Gasteiger partial charge in [-0.3, -0.25) is 0 Å². The Morgan fingerprint density at radius 3 is 2.81 bits per heavy atom. The van der Waals surface area contributed by atoms with Crippen molar-refractivity contribution in [3.63, 3.8) is 0 Å². The van der Waals surface area contributed by atoms with Gasteiger partial charge in [-0.25, -0.2) is 4.98 Å². The average Bonchev–Trinajstić information content (AvgIpc) is 2.64. The van der Waals surface area contributed by atoms with Crippen LogP contribution in [0.5, 0.6) is 0 Å². The Kier molecular flexibility index (Phi) is 3.00. The fourth-order valence-electron chi connectivity index (χ4n) is 1.62.